The van der Waals surface area contributed by atoms with Gasteiger partial charge in [-0.3, -0.25) is 14.8 Å². The molecule has 0 saturated heterocycles. The van der Waals surface area contributed by atoms with E-state index in [-0.39, 0.29) is 11.6 Å². The van der Waals surface area contributed by atoms with E-state index in [4.69, 9.17) is 9.47 Å². The minimum Gasteiger partial charge on any atom is -0.496 e. The number of aromatic nitrogens is 3. The maximum Gasteiger partial charge on any atom is 0.302 e. The van der Waals surface area contributed by atoms with Crippen molar-refractivity contribution >= 4 is 22.3 Å². The van der Waals surface area contributed by atoms with Crippen molar-refractivity contribution in [3.8, 4) is 17.5 Å². The molecule has 0 unspecified atom stereocenters. The number of anilines is 2. The first-order valence-corrected chi connectivity index (χ1v) is 9.61. The number of benzene rings is 2. The average Bonchev–Trinajstić information content (AvgIpc) is 2.78. The van der Waals surface area contributed by atoms with Crippen molar-refractivity contribution in [3.63, 3.8) is 0 Å². The highest BCUT2D eigenvalue weighted by molar-refractivity contribution is 5.76. The highest BCUT2D eigenvalue weighted by atomic mass is 16.5. The first kappa shape index (κ1) is 19.4. The molecule has 0 aliphatic carbocycles. The molecule has 30 heavy (non-hydrogen) atoms. The van der Waals surface area contributed by atoms with E-state index in [0.29, 0.717) is 16.7 Å². The average molecular weight is 402 g/mol. The number of rotatable bonds is 6. The van der Waals surface area contributed by atoms with Gasteiger partial charge in [-0.05, 0) is 48.4 Å². The van der Waals surface area contributed by atoms with Crippen molar-refractivity contribution in [2.75, 3.05) is 19.1 Å². The van der Waals surface area contributed by atoms with E-state index < -0.39 is 0 Å². The quantitative estimate of drug-likeness (QED) is 0.513. The van der Waals surface area contributed by atoms with Gasteiger partial charge in [0.25, 0.3) is 5.56 Å². The van der Waals surface area contributed by atoms with Crippen LogP contribution in [0.4, 0.5) is 11.4 Å². The summed E-state index contributed by atoms with van der Waals surface area (Å²) >= 11 is 0. The molecule has 7 heteroatoms. The van der Waals surface area contributed by atoms with Gasteiger partial charge in [0, 0.05) is 30.7 Å². The van der Waals surface area contributed by atoms with E-state index >= 15 is 0 Å². The summed E-state index contributed by atoms with van der Waals surface area (Å²) in [5, 5.41) is 0.471. The predicted octanol–water partition coefficient (Wildman–Crippen LogP) is 4.45. The monoisotopic (exact) mass is 402 g/mol. The summed E-state index contributed by atoms with van der Waals surface area (Å²) in [6, 6.07) is 15.5. The summed E-state index contributed by atoms with van der Waals surface area (Å²) in [4.78, 5) is 25.2. The Bertz CT molecular complexity index is 1240. The van der Waals surface area contributed by atoms with Crippen LogP contribution in [0.15, 0.2) is 65.7 Å². The van der Waals surface area contributed by atoms with Crippen molar-refractivity contribution in [3.05, 3.63) is 76.8 Å². The summed E-state index contributed by atoms with van der Waals surface area (Å²) in [6.07, 6.45) is 4.01. The lowest BCUT2D eigenvalue weighted by molar-refractivity contribution is 0.410. The Labute approximate surface area is 173 Å². The molecule has 7 nitrogen and oxygen atoms in total. The minimum absolute atomic E-state index is 0.126. The maximum atomic E-state index is 12.2. The first-order chi connectivity index (χ1) is 14.6. The number of nitrogens with zero attached hydrogens (tertiary/aromatic N) is 3. The molecular weight excluding hydrogens is 380 g/mol. The molecule has 1 N–H and O–H groups in total. The highest BCUT2D eigenvalue weighted by Crippen LogP contribution is 2.31. The Hall–Kier alpha value is -3.87. The van der Waals surface area contributed by atoms with E-state index in [2.05, 4.69) is 38.9 Å². The largest absolute Gasteiger partial charge is 0.496 e. The molecular formula is C23H22N4O3. The molecule has 0 fully saturated rings. The smallest absolute Gasteiger partial charge is 0.302 e. The number of aromatic amines is 1. The Morgan fingerprint density at radius 1 is 1.07 bits per heavy atom. The van der Waals surface area contributed by atoms with Crippen LogP contribution in [0.2, 0.25) is 0 Å². The second kappa shape index (κ2) is 8.24. The number of hydrogen-bond acceptors (Lipinski definition) is 6. The fourth-order valence-corrected chi connectivity index (χ4v) is 3.25. The molecule has 4 aromatic rings. The third-order valence-electron chi connectivity index (χ3n) is 4.96. The SMILES string of the molecule is CCc1ccc(N(C)c2ccc(Oc3nc4cnccc4c(=O)[nH]3)cc2)cc1OC. The normalized spacial score (nSPS) is 10.8. The number of aryl methyl sites for hydroxylation is 1. The lowest BCUT2D eigenvalue weighted by Gasteiger charge is -2.21. The summed E-state index contributed by atoms with van der Waals surface area (Å²) in [5.74, 6) is 1.44. The van der Waals surface area contributed by atoms with Crippen molar-refractivity contribution in [2.24, 2.45) is 0 Å². The van der Waals surface area contributed by atoms with Crippen molar-refractivity contribution in [1.29, 1.82) is 0 Å². The van der Waals surface area contributed by atoms with Gasteiger partial charge in [-0.15, -0.1) is 0 Å². The van der Waals surface area contributed by atoms with E-state index in [1.807, 2.05) is 37.4 Å². The van der Waals surface area contributed by atoms with E-state index in [1.165, 1.54) is 11.8 Å². The lowest BCUT2D eigenvalue weighted by atomic mass is 10.1. The Balaban J connectivity index is 1.55. The molecule has 0 saturated carbocycles. The fraction of sp³-hybridized carbons (Fsp3) is 0.174. The van der Waals surface area contributed by atoms with Gasteiger partial charge in [0.1, 0.15) is 11.5 Å². The van der Waals surface area contributed by atoms with Crippen LogP contribution >= 0.6 is 0 Å². The molecule has 0 radical (unpaired) electrons. The number of fused-ring (bicyclic) bond motifs is 1. The molecule has 2 aromatic heterocycles. The zero-order chi connectivity index (χ0) is 21.1. The molecule has 152 valence electrons. The van der Waals surface area contributed by atoms with Gasteiger partial charge in [0.15, 0.2) is 0 Å². The van der Waals surface area contributed by atoms with Crippen LogP contribution in [0.3, 0.4) is 0 Å². The number of nitrogens with one attached hydrogen (secondary N) is 1. The van der Waals surface area contributed by atoms with Gasteiger partial charge in [0.2, 0.25) is 0 Å². The third-order valence-corrected chi connectivity index (χ3v) is 4.96. The van der Waals surface area contributed by atoms with Gasteiger partial charge in [-0.25, -0.2) is 0 Å². The molecule has 0 amide bonds. The molecule has 2 heterocycles. The number of H-pyrrole nitrogens is 1. The van der Waals surface area contributed by atoms with Crippen molar-refractivity contribution in [2.45, 2.75) is 13.3 Å². The topological polar surface area (TPSA) is 80.3 Å². The summed E-state index contributed by atoms with van der Waals surface area (Å²) in [6.45, 7) is 2.11. The maximum absolute atomic E-state index is 12.2. The van der Waals surface area contributed by atoms with Crippen LogP contribution in [-0.2, 0) is 6.42 Å². The van der Waals surface area contributed by atoms with Gasteiger partial charge in [-0.1, -0.05) is 13.0 Å². The van der Waals surface area contributed by atoms with E-state index in [0.717, 1.165) is 23.5 Å². The fourth-order valence-electron chi connectivity index (χ4n) is 3.25. The zero-order valence-corrected chi connectivity index (χ0v) is 17.0. The number of methoxy groups -OCH3 is 1. The van der Waals surface area contributed by atoms with Crippen LogP contribution in [-0.4, -0.2) is 29.1 Å². The van der Waals surface area contributed by atoms with E-state index in [9.17, 15) is 4.79 Å². The summed E-state index contributed by atoms with van der Waals surface area (Å²) in [7, 11) is 3.68. The van der Waals surface area contributed by atoms with Crippen LogP contribution in [0.5, 0.6) is 17.5 Å². The predicted molar refractivity (Wildman–Crippen MR) is 117 cm³/mol. The Kier molecular flexibility index (Phi) is 5.34. The van der Waals surface area contributed by atoms with Crippen LogP contribution in [0, 0.1) is 0 Å². The van der Waals surface area contributed by atoms with Gasteiger partial charge >= 0.3 is 6.01 Å². The second-order valence-corrected chi connectivity index (χ2v) is 6.77. The summed E-state index contributed by atoms with van der Waals surface area (Å²) in [5.41, 5.74) is 3.39. The standard InChI is InChI=1S/C23H22N4O3/c1-4-15-5-6-17(13-21(15)29-3)27(2)16-7-9-18(10-8-16)30-23-25-20-14-24-12-11-19(20)22(28)26-23/h5-14H,4H2,1-3H3,(H,25,26,28). The first-order valence-electron chi connectivity index (χ1n) is 9.61. The molecule has 2 aromatic carbocycles. The zero-order valence-electron chi connectivity index (χ0n) is 17.0. The van der Waals surface area contributed by atoms with Crippen LogP contribution < -0.4 is 19.9 Å². The molecule has 0 aliphatic heterocycles. The highest BCUT2D eigenvalue weighted by Gasteiger charge is 2.10. The van der Waals surface area contributed by atoms with Crippen molar-refractivity contribution in [1.82, 2.24) is 15.0 Å². The van der Waals surface area contributed by atoms with Crippen LogP contribution in [0.1, 0.15) is 12.5 Å². The summed E-state index contributed by atoms with van der Waals surface area (Å²) < 4.78 is 11.2. The number of ether oxygens (including phenoxy) is 2. The molecule has 4 rings (SSSR count). The van der Waals surface area contributed by atoms with Crippen LogP contribution in [0.25, 0.3) is 10.9 Å². The molecule has 0 aliphatic rings. The lowest BCUT2D eigenvalue weighted by Crippen LogP contribution is -2.10. The Morgan fingerprint density at radius 3 is 2.57 bits per heavy atom. The number of pyridine rings is 1. The van der Waals surface area contributed by atoms with Gasteiger partial charge < -0.3 is 14.4 Å². The van der Waals surface area contributed by atoms with E-state index in [1.54, 1.807) is 19.4 Å². The molecule has 0 bridgehead atoms. The molecule has 0 atom stereocenters. The van der Waals surface area contributed by atoms with Crippen molar-refractivity contribution < 1.29 is 9.47 Å². The van der Waals surface area contributed by atoms with Gasteiger partial charge in [-0.2, -0.15) is 4.98 Å². The third kappa shape index (κ3) is 3.82. The number of hydrogen-bond donors (Lipinski definition) is 1. The molecule has 0 spiro atoms. The Morgan fingerprint density at radius 2 is 1.83 bits per heavy atom. The second-order valence-electron chi connectivity index (χ2n) is 6.77. The minimum atomic E-state index is -0.266. The van der Waals surface area contributed by atoms with Gasteiger partial charge in [0.05, 0.1) is 24.2 Å².